The SMILES string of the molecule is CN1C(NC#N)=NC(C)(c2cc(NC(=O)c3ccc(F)cn3)ccc2F)CS1(=O)=O. The molecule has 0 radical (unpaired) electrons. The number of nitrogens with zero attached hydrogens (tertiary/aromatic N) is 4. The third-order valence-corrected chi connectivity index (χ3v) is 6.40. The van der Waals surface area contributed by atoms with Crippen LogP contribution in [-0.2, 0) is 15.6 Å². The molecule has 1 unspecified atom stereocenters. The highest BCUT2D eigenvalue weighted by molar-refractivity contribution is 7.89. The molecule has 9 nitrogen and oxygen atoms in total. The van der Waals surface area contributed by atoms with Crippen LogP contribution in [0.5, 0.6) is 0 Å². The molecule has 1 amide bonds. The molecule has 0 saturated heterocycles. The summed E-state index contributed by atoms with van der Waals surface area (Å²) in [6, 6.07) is 5.85. The third kappa shape index (κ3) is 4.06. The highest BCUT2D eigenvalue weighted by Gasteiger charge is 2.42. The number of pyridine rings is 1. The Hall–Kier alpha value is -3.59. The molecule has 2 heterocycles. The second-order valence-corrected chi connectivity index (χ2v) is 8.68. The van der Waals surface area contributed by atoms with Crippen LogP contribution < -0.4 is 10.6 Å². The van der Waals surface area contributed by atoms with Gasteiger partial charge in [0, 0.05) is 18.3 Å². The van der Waals surface area contributed by atoms with Crippen molar-refractivity contribution in [1.82, 2.24) is 14.6 Å². The molecule has 2 aromatic rings. The molecule has 0 spiro atoms. The Bertz CT molecular complexity index is 1180. The maximum atomic E-state index is 14.6. The van der Waals surface area contributed by atoms with Gasteiger partial charge in [-0.15, -0.1) is 0 Å². The molecule has 30 heavy (non-hydrogen) atoms. The minimum absolute atomic E-state index is 0.0612. The lowest BCUT2D eigenvalue weighted by Gasteiger charge is -2.35. The molecule has 1 aliphatic heterocycles. The molecule has 1 aromatic carbocycles. The number of hydrogen-bond acceptors (Lipinski definition) is 7. The van der Waals surface area contributed by atoms with E-state index in [2.05, 4.69) is 20.6 Å². The normalized spacial score (nSPS) is 20.1. The predicted molar refractivity (Wildman–Crippen MR) is 104 cm³/mol. The van der Waals surface area contributed by atoms with Crippen LogP contribution >= 0.6 is 0 Å². The smallest absolute Gasteiger partial charge is 0.274 e. The number of rotatable bonds is 3. The molecule has 0 fully saturated rings. The molecule has 0 aliphatic carbocycles. The quantitative estimate of drug-likeness (QED) is 0.557. The van der Waals surface area contributed by atoms with Crippen molar-refractivity contribution in [2.45, 2.75) is 12.5 Å². The average Bonchev–Trinajstić information content (AvgIpc) is 2.67. The third-order valence-electron chi connectivity index (χ3n) is 4.46. The number of benzene rings is 1. The van der Waals surface area contributed by atoms with Gasteiger partial charge in [-0.2, -0.15) is 5.26 Å². The van der Waals surface area contributed by atoms with Gasteiger partial charge in [0.25, 0.3) is 5.91 Å². The Morgan fingerprint density at radius 2 is 2.03 bits per heavy atom. The van der Waals surface area contributed by atoms with Crippen molar-refractivity contribution in [2.24, 2.45) is 4.99 Å². The lowest BCUT2D eigenvalue weighted by Crippen LogP contribution is -2.51. The summed E-state index contributed by atoms with van der Waals surface area (Å²) >= 11 is 0. The van der Waals surface area contributed by atoms with E-state index in [0.29, 0.717) is 0 Å². The Morgan fingerprint density at radius 3 is 2.67 bits per heavy atom. The van der Waals surface area contributed by atoms with Crippen LogP contribution in [0, 0.1) is 23.1 Å². The van der Waals surface area contributed by atoms with Crippen LogP contribution in [0.25, 0.3) is 0 Å². The van der Waals surface area contributed by atoms with E-state index in [1.807, 2.05) is 0 Å². The number of amides is 1. The van der Waals surface area contributed by atoms with E-state index < -0.39 is 38.9 Å². The number of carbonyl (C=O) groups is 1. The van der Waals surface area contributed by atoms with Crippen molar-refractivity contribution in [3.05, 3.63) is 59.4 Å². The highest BCUT2D eigenvalue weighted by atomic mass is 32.2. The van der Waals surface area contributed by atoms with Gasteiger partial charge in [-0.25, -0.2) is 31.5 Å². The number of nitriles is 1. The minimum Gasteiger partial charge on any atom is -0.321 e. The van der Waals surface area contributed by atoms with Crippen molar-refractivity contribution in [3.8, 4) is 6.19 Å². The molecule has 1 atom stereocenters. The number of halogens is 2. The number of aromatic nitrogens is 1. The fraction of sp³-hybridized carbons (Fsp3) is 0.222. The molecule has 1 aromatic heterocycles. The molecule has 0 bridgehead atoms. The average molecular weight is 434 g/mol. The monoisotopic (exact) mass is 434 g/mol. The summed E-state index contributed by atoms with van der Waals surface area (Å²) < 4.78 is 53.4. The fourth-order valence-corrected chi connectivity index (χ4v) is 4.41. The van der Waals surface area contributed by atoms with Crippen LogP contribution in [0.1, 0.15) is 23.0 Å². The van der Waals surface area contributed by atoms with Crippen LogP contribution in [-0.4, -0.2) is 42.4 Å². The van der Waals surface area contributed by atoms with E-state index in [9.17, 15) is 22.0 Å². The number of nitrogens with one attached hydrogen (secondary N) is 2. The highest BCUT2D eigenvalue weighted by Crippen LogP contribution is 2.35. The topological polar surface area (TPSA) is 128 Å². The van der Waals surface area contributed by atoms with Gasteiger partial charge in [0.2, 0.25) is 16.0 Å². The summed E-state index contributed by atoms with van der Waals surface area (Å²) in [5.74, 6) is -2.82. The van der Waals surface area contributed by atoms with Gasteiger partial charge in [-0.1, -0.05) is 0 Å². The van der Waals surface area contributed by atoms with Crippen LogP contribution in [0.2, 0.25) is 0 Å². The first kappa shape index (κ1) is 21.1. The lowest BCUT2D eigenvalue weighted by atomic mass is 9.93. The molecular weight excluding hydrogens is 418 g/mol. The minimum atomic E-state index is -3.90. The summed E-state index contributed by atoms with van der Waals surface area (Å²) in [7, 11) is -2.68. The molecular formula is C18H16F2N6O3S. The molecule has 3 rings (SSSR count). The predicted octanol–water partition coefficient (Wildman–Crippen LogP) is 1.53. The number of anilines is 1. The van der Waals surface area contributed by atoms with E-state index in [4.69, 9.17) is 5.26 Å². The zero-order valence-corrected chi connectivity index (χ0v) is 16.7. The summed E-state index contributed by atoms with van der Waals surface area (Å²) in [4.78, 5) is 20.2. The van der Waals surface area contributed by atoms with Gasteiger partial charge in [-0.3, -0.25) is 10.1 Å². The maximum Gasteiger partial charge on any atom is 0.274 e. The van der Waals surface area contributed by atoms with Crippen molar-refractivity contribution in [2.75, 3.05) is 18.1 Å². The van der Waals surface area contributed by atoms with Gasteiger partial charge >= 0.3 is 0 Å². The Balaban J connectivity index is 1.99. The number of sulfonamides is 1. The molecule has 2 N–H and O–H groups in total. The summed E-state index contributed by atoms with van der Waals surface area (Å²) in [6.07, 6.45) is 2.48. The Labute approximate surface area is 171 Å². The van der Waals surface area contributed by atoms with E-state index in [1.165, 1.54) is 32.2 Å². The number of hydrogen-bond donors (Lipinski definition) is 2. The summed E-state index contributed by atoms with van der Waals surface area (Å²) in [5.41, 5.74) is -1.57. The molecule has 12 heteroatoms. The van der Waals surface area contributed by atoms with Gasteiger partial charge in [0.1, 0.15) is 22.9 Å². The summed E-state index contributed by atoms with van der Waals surface area (Å²) in [5, 5.41) is 13.5. The fourth-order valence-electron chi connectivity index (χ4n) is 2.94. The zero-order chi connectivity index (χ0) is 22.1. The molecule has 156 valence electrons. The van der Waals surface area contributed by atoms with Crippen molar-refractivity contribution >= 4 is 27.6 Å². The van der Waals surface area contributed by atoms with Crippen LogP contribution in [0.3, 0.4) is 0 Å². The second kappa shape index (κ2) is 7.68. The van der Waals surface area contributed by atoms with E-state index in [0.717, 1.165) is 22.6 Å². The van der Waals surface area contributed by atoms with Gasteiger partial charge in [0.15, 0.2) is 6.19 Å². The van der Waals surface area contributed by atoms with Gasteiger partial charge < -0.3 is 5.32 Å². The van der Waals surface area contributed by atoms with Crippen LogP contribution in [0.15, 0.2) is 41.5 Å². The standard InChI is InChI=1S/C18H16F2N6O3S/c1-18(9-30(28,29)26(2)17(25-18)23-10-21)13-7-12(4-5-14(13)20)24-16(27)15-6-3-11(19)8-22-15/h3-8H,9H2,1-2H3,(H,23,25)(H,24,27). The largest absolute Gasteiger partial charge is 0.321 e. The lowest BCUT2D eigenvalue weighted by molar-refractivity contribution is 0.102. The van der Waals surface area contributed by atoms with E-state index in [-0.39, 0.29) is 22.9 Å². The first-order chi connectivity index (χ1) is 14.1. The zero-order valence-electron chi connectivity index (χ0n) is 15.8. The Kier molecular flexibility index (Phi) is 5.41. The van der Waals surface area contributed by atoms with Gasteiger partial charge in [0.05, 0.1) is 11.9 Å². The van der Waals surface area contributed by atoms with E-state index in [1.54, 1.807) is 6.19 Å². The van der Waals surface area contributed by atoms with Crippen molar-refractivity contribution in [1.29, 1.82) is 5.26 Å². The number of carbonyl (C=O) groups excluding carboxylic acids is 1. The molecule has 1 aliphatic rings. The van der Waals surface area contributed by atoms with Gasteiger partial charge in [-0.05, 0) is 37.3 Å². The summed E-state index contributed by atoms with van der Waals surface area (Å²) in [6.45, 7) is 1.40. The van der Waals surface area contributed by atoms with Crippen molar-refractivity contribution in [3.63, 3.8) is 0 Å². The Morgan fingerprint density at radius 1 is 1.30 bits per heavy atom. The number of guanidine groups is 1. The second-order valence-electron chi connectivity index (χ2n) is 6.68. The van der Waals surface area contributed by atoms with E-state index >= 15 is 0 Å². The maximum absolute atomic E-state index is 14.6. The molecule has 0 saturated carbocycles. The number of aliphatic imine (C=N–C) groups is 1. The first-order valence-electron chi connectivity index (χ1n) is 8.50. The van der Waals surface area contributed by atoms with Crippen LogP contribution in [0.4, 0.5) is 14.5 Å². The van der Waals surface area contributed by atoms with Crippen molar-refractivity contribution < 1.29 is 22.0 Å². The first-order valence-corrected chi connectivity index (χ1v) is 10.1.